The minimum absolute atomic E-state index is 0.0593. The first-order valence-corrected chi connectivity index (χ1v) is 10.5. The summed E-state index contributed by atoms with van der Waals surface area (Å²) in [6.07, 6.45) is 0. The molecular weight excluding hydrogens is 402 g/mol. The first kappa shape index (κ1) is 22.1. The fourth-order valence-corrected chi connectivity index (χ4v) is 3.83. The van der Waals surface area contributed by atoms with Gasteiger partial charge < -0.3 is 15.0 Å². The number of benzene rings is 2. The predicted octanol–water partition coefficient (Wildman–Crippen LogP) is 3.12. The summed E-state index contributed by atoms with van der Waals surface area (Å²) >= 11 is 6.12. The Morgan fingerprint density at radius 2 is 1.87 bits per heavy atom. The zero-order valence-electron chi connectivity index (χ0n) is 17.7. The zero-order valence-corrected chi connectivity index (χ0v) is 18.4. The van der Waals surface area contributed by atoms with Crippen LogP contribution in [0.25, 0.3) is 0 Å². The summed E-state index contributed by atoms with van der Waals surface area (Å²) in [5.74, 6) is 0.521. The Labute approximate surface area is 182 Å². The number of carbonyl (C=O) groups excluding carboxylic acids is 2. The number of methoxy groups -OCH3 is 1. The fraction of sp³-hybridized carbons (Fsp3) is 0.391. The molecule has 2 aromatic carbocycles. The molecule has 1 unspecified atom stereocenters. The predicted molar refractivity (Wildman–Crippen MR) is 118 cm³/mol. The summed E-state index contributed by atoms with van der Waals surface area (Å²) in [4.78, 5) is 29.3. The van der Waals surface area contributed by atoms with E-state index in [1.807, 2.05) is 48.2 Å². The molecule has 1 atom stereocenters. The molecule has 1 saturated heterocycles. The van der Waals surface area contributed by atoms with Gasteiger partial charge in [0, 0.05) is 48.9 Å². The van der Waals surface area contributed by atoms with Crippen LogP contribution in [-0.4, -0.2) is 60.9 Å². The minimum atomic E-state index is -0.572. The summed E-state index contributed by atoms with van der Waals surface area (Å²) in [6.45, 7) is 7.12. The van der Waals surface area contributed by atoms with Gasteiger partial charge in [-0.05, 0) is 44.2 Å². The molecular formula is C23H28ClN3O3. The van der Waals surface area contributed by atoms with Gasteiger partial charge in [-0.2, -0.15) is 0 Å². The molecule has 0 bridgehead atoms. The van der Waals surface area contributed by atoms with E-state index in [0.29, 0.717) is 30.2 Å². The smallest absolute Gasteiger partial charge is 0.251 e. The molecule has 30 heavy (non-hydrogen) atoms. The van der Waals surface area contributed by atoms with Gasteiger partial charge in [0.15, 0.2) is 0 Å². The maximum atomic E-state index is 12.8. The van der Waals surface area contributed by atoms with Gasteiger partial charge in [0.1, 0.15) is 11.8 Å². The van der Waals surface area contributed by atoms with Crippen molar-refractivity contribution in [1.82, 2.24) is 15.1 Å². The van der Waals surface area contributed by atoms with E-state index in [2.05, 4.69) is 10.2 Å². The summed E-state index contributed by atoms with van der Waals surface area (Å²) in [5.41, 5.74) is 2.60. The van der Waals surface area contributed by atoms with Crippen molar-refractivity contribution in [2.45, 2.75) is 26.4 Å². The van der Waals surface area contributed by atoms with Crippen LogP contribution in [-0.2, 0) is 11.3 Å². The first-order valence-electron chi connectivity index (χ1n) is 10.1. The van der Waals surface area contributed by atoms with Crippen LogP contribution in [0.15, 0.2) is 42.5 Å². The number of amides is 2. The molecule has 0 aromatic heterocycles. The van der Waals surface area contributed by atoms with E-state index < -0.39 is 6.04 Å². The number of nitrogens with one attached hydrogen (secondary N) is 1. The lowest BCUT2D eigenvalue weighted by molar-refractivity contribution is -0.134. The highest BCUT2D eigenvalue weighted by molar-refractivity contribution is 6.30. The van der Waals surface area contributed by atoms with Crippen LogP contribution in [0.1, 0.15) is 28.4 Å². The Kier molecular flexibility index (Phi) is 7.34. The number of rotatable bonds is 6. The van der Waals surface area contributed by atoms with Crippen LogP contribution >= 0.6 is 11.6 Å². The average molecular weight is 430 g/mol. The van der Waals surface area contributed by atoms with Crippen LogP contribution < -0.4 is 10.1 Å². The molecule has 1 N–H and O–H groups in total. The van der Waals surface area contributed by atoms with Crippen molar-refractivity contribution >= 4 is 23.4 Å². The van der Waals surface area contributed by atoms with Gasteiger partial charge in [0.2, 0.25) is 5.91 Å². The zero-order chi connectivity index (χ0) is 21.7. The Morgan fingerprint density at radius 1 is 1.13 bits per heavy atom. The van der Waals surface area contributed by atoms with Gasteiger partial charge in [-0.3, -0.25) is 14.5 Å². The van der Waals surface area contributed by atoms with Gasteiger partial charge in [0.05, 0.1) is 7.11 Å². The van der Waals surface area contributed by atoms with Crippen LogP contribution in [0.5, 0.6) is 5.75 Å². The molecule has 160 valence electrons. The average Bonchev–Trinajstić information content (AvgIpc) is 2.74. The summed E-state index contributed by atoms with van der Waals surface area (Å²) in [5, 5.41) is 3.50. The summed E-state index contributed by atoms with van der Waals surface area (Å²) in [7, 11) is 1.65. The Morgan fingerprint density at radius 3 is 2.53 bits per heavy atom. The van der Waals surface area contributed by atoms with Gasteiger partial charge in [-0.15, -0.1) is 0 Å². The number of carbonyl (C=O) groups is 2. The fourth-order valence-electron chi connectivity index (χ4n) is 3.64. The number of halogens is 1. The van der Waals surface area contributed by atoms with E-state index in [-0.39, 0.29) is 11.8 Å². The van der Waals surface area contributed by atoms with E-state index in [1.165, 1.54) is 0 Å². The van der Waals surface area contributed by atoms with Gasteiger partial charge >= 0.3 is 0 Å². The third-order valence-corrected chi connectivity index (χ3v) is 5.55. The van der Waals surface area contributed by atoms with Crippen molar-refractivity contribution in [3.63, 3.8) is 0 Å². The molecule has 0 radical (unpaired) electrons. The number of nitrogens with zero attached hydrogens (tertiary/aromatic N) is 2. The summed E-state index contributed by atoms with van der Waals surface area (Å²) < 4.78 is 5.42. The van der Waals surface area contributed by atoms with Crippen LogP contribution in [0.2, 0.25) is 5.02 Å². The molecule has 7 heteroatoms. The molecule has 0 spiro atoms. The monoisotopic (exact) mass is 429 g/mol. The van der Waals surface area contributed by atoms with Gasteiger partial charge in [-0.25, -0.2) is 0 Å². The van der Waals surface area contributed by atoms with Gasteiger partial charge in [0.25, 0.3) is 5.91 Å². The highest BCUT2D eigenvalue weighted by Gasteiger charge is 2.26. The van der Waals surface area contributed by atoms with Crippen molar-refractivity contribution in [2.24, 2.45) is 0 Å². The third-order valence-electron chi connectivity index (χ3n) is 5.32. The van der Waals surface area contributed by atoms with Crippen LogP contribution in [0.4, 0.5) is 0 Å². The second kappa shape index (κ2) is 9.96. The molecule has 3 rings (SSSR count). The largest absolute Gasteiger partial charge is 0.496 e. The molecule has 1 aliphatic rings. The van der Waals surface area contributed by atoms with Gasteiger partial charge in [-0.1, -0.05) is 29.3 Å². The standard InChI is InChI=1S/C23H28ClN3O3/c1-16-5-4-6-18(13-16)22(28)25-17(2)23(29)27-11-9-26(10-12-27)15-19-14-20(24)7-8-21(19)30-3/h4-8,13-14,17H,9-12,15H2,1-3H3,(H,25,28). The Hall–Kier alpha value is -2.57. The highest BCUT2D eigenvalue weighted by Crippen LogP contribution is 2.24. The normalized spacial score (nSPS) is 15.5. The van der Waals surface area contributed by atoms with E-state index in [4.69, 9.17) is 16.3 Å². The van der Waals surface area contributed by atoms with E-state index in [1.54, 1.807) is 20.1 Å². The molecule has 1 aliphatic heterocycles. The number of ether oxygens (including phenoxy) is 1. The van der Waals surface area contributed by atoms with Crippen molar-refractivity contribution in [2.75, 3.05) is 33.3 Å². The number of hydrogen-bond donors (Lipinski definition) is 1. The quantitative estimate of drug-likeness (QED) is 0.766. The number of piperazine rings is 1. The number of hydrogen-bond acceptors (Lipinski definition) is 4. The van der Waals surface area contributed by atoms with Crippen molar-refractivity contribution in [3.8, 4) is 5.75 Å². The first-order chi connectivity index (χ1) is 14.4. The highest BCUT2D eigenvalue weighted by atomic mass is 35.5. The topological polar surface area (TPSA) is 61.9 Å². The maximum absolute atomic E-state index is 12.8. The Bertz CT molecular complexity index is 910. The SMILES string of the molecule is COc1ccc(Cl)cc1CN1CCN(C(=O)C(C)NC(=O)c2cccc(C)c2)CC1. The van der Waals surface area contributed by atoms with E-state index in [9.17, 15) is 9.59 Å². The minimum Gasteiger partial charge on any atom is -0.496 e. The molecule has 0 saturated carbocycles. The lowest BCUT2D eigenvalue weighted by Crippen LogP contribution is -2.53. The van der Waals surface area contributed by atoms with Crippen LogP contribution in [0, 0.1) is 6.92 Å². The number of aryl methyl sites for hydroxylation is 1. The van der Waals surface area contributed by atoms with Crippen LogP contribution in [0.3, 0.4) is 0 Å². The summed E-state index contributed by atoms with van der Waals surface area (Å²) in [6, 6.07) is 12.4. The van der Waals surface area contributed by atoms with Crippen molar-refractivity contribution in [1.29, 1.82) is 0 Å². The lowest BCUT2D eigenvalue weighted by Gasteiger charge is -2.36. The maximum Gasteiger partial charge on any atom is 0.251 e. The Balaban J connectivity index is 1.52. The second-order valence-electron chi connectivity index (χ2n) is 7.62. The van der Waals surface area contributed by atoms with E-state index in [0.717, 1.165) is 30.0 Å². The third kappa shape index (κ3) is 5.52. The van der Waals surface area contributed by atoms with E-state index >= 15 is 0 Å². The molecule has 2 aromatic rings. The molecule has 2 amide bonds. The van der Waals surface area contributed by atoms with Crippen molar-refractivity contribution < 1.29 is 14.3 Å². The lowest BCUT2D eigenvalue weighted by atomic mass is 10.1. The molecule has 1 heterocycles. The molecule has 1 fully saturated rings. The molecule has 6 nitrogen and oxygen atoms in total. The molecule has 0 aliphatic carbocycles. The second-order valence-corrected chi connectivity index (χ2v) is 8.06. The van der Waals surface area contributed by atoms with Crippen molar-refractivity contribution in [3.05, 3.63) is 64.2 Å².